The third kappa shape index (κ3) is 8.80. The molecular formula is C76H50BClN4O4. The monoisotopic (exact) mass is 1130 g/mol. The molecule has 4 aromatic heterocycles. The van der Waals surface area contributed by atoms with Gasteiger partial charge in [-0.05, 0) is 89.4 Å². The van der Waals surface area contributed by atoms with E-state index in [2.05, 4.69) is 220 Å². The van der Waals surface area contributed by atoms with Gasteiger partial charge in [0.05, 0.1) is 39.1 Å². The average molecular weight is 1130 g/mol. The SMILES string of the molecule is Clc1c(N(c2ccccc2)c2coc(-c3ccccc3)c2)cc(-c2ccc(-c3cc4c(o3)B3c5oc(-c6ccccc6)cc5N(c5ccccc5)c5cccc(c53)N4c3ccccc3)cc2)cc1N(c1ccccc1)c1coc(-c2ccccc2)c1. The fourth-order valence-corrected chi connectivity index (χ4v) is 12.6. The Labute approximate surface area is 503 Å². The minimum Gasteiger partial charge on any atom is -0.468 e. The van der Waals surface area contributed by atoms with Gasteiger partial charge in [0.1, 0.15) is 46.9 Å². The van der Waals surface area contributed by atoms with Gasteiger partial charge >= 0.3 is 6.71 Å². The number of nitrogens with zero attached hydrogens (tertiary/aromatic N) is 4. The van der Waals surface area contributed by atoms with Gasteiger partial charge in [0, 0.05) is 80.6 Å². The first-order valence-electron chi connectivity index (χ1n) is 28.7. The first-order valence-corrected chi connectivity index (χ1v) is 29.0. The maximum absolute atomic E-state index is 8.02. The van der Waals surface area contributed by atoms with Gasteiger partial charge in [0.15, 0.2) is 0 Å². The molecule has 408 valence electrons. The topological polar surface area (TPSA) is 65.5 Å². The van der Waals surface area contributed by atoms with Gasteiger partial charge in [0.25, 0.3) is 0 Å². The van der Waals surface area contributed by atoms with Gasteiger partial charge in [-0.25, -0.2) is 0 Å². The van der Waals surface area contributed by atoms with Crippen molar-refractivity contribution in [1.29, 1.82) is 0 Å². The molecule has 0 saturated heterocycles. The number of halogens is 1. The molecule has 0 N–H and O–H groups in total. The third-order valence-electron chi connectivity index (χ3n) is 16.3. The van der Waals surface area contributed by atoms with Crippen LogP contribution in [0.25, 0.3) is 56.4 Å². The molecule has 16 rings (SSSR count). The Balaban J connectivity index is 0.861. The Morgan fingerprint density at radius 1 is 0.302 bits per heavy atom. The van der Waals surface area contributed by atoms with Crippen LogP contribution in [-0.2, 0) is 0 Å². The Morgan fingerprint density at radius 3 is 1.08 bits per heavy atom. The summed E-state index contributed by atoms with van der Waals surface area (Å²) < 4.78 is 27.3. The smallest absolute Gasteiger partial charge is 0.342 e. The number of hydrogen-bond donors (Lipinski definition) is 0. The maximum Gasteiger partial charge on any atom is 0.342 e. The molecule has 0 radical (unpaired) electrons. The number of para-hydroxylation sites is 4. The van der Waals surface area contributed by atoms with Crippen LogP contribution in [0.5, 0.6) is 0 Å². The summed E-state index contributed by atoms with van der Waals surface area (Å²) in [5.74, 6) is 2.98. The second-order valence-corrected chi connectivity index (χ2v) is 21.8. The predicted octanol–water partition coefficient (Wildman–Crippen LogP) is 20.1. The number of furan rings is 4. The van der Waals surface area contributed by atoms with E-state index >= 15 is 0 Å². The Bertz CT molecular complexity index is 4580. The highest BCUT2D eigenvalue weighted by atomic mass is 35.5. The second kappa shape index (κ2) is 21.3. The lowest BCUT2D eigenvalue weighted by molar-refractivity contribution is 0.582. The van der Waals surface area contributed by atoms with E-state index in [-0.39, 0.29) is 6.71 Å². The van der Waals surface area contributed by atoms with E-state index in [1.165, 1.54) is 0 Å². The summed E-state index contributed by atoms with van der Waals surface area (Å²) in [5, 5.41) is 0.515. The largest absolute Gasteiger partial charge is 0.468 e. The molecule has 0 aliphatic carbocycles. The fraction of sp³-hybridized carbons (Fsp3) is 0. The summed E-state index contributed by atoms with van der Waals surface area (Å²) in [6, 6.07) is 100. The molecule has 86 heavy (non-hydrogen) atoms. The van der Waals surface area contributed by atoms with Crippen molar-refractivity contribution < 1.29 is 17.7 Å². The van der Waals surface area contributed by atoms with E-state index < -0.39 is 0 Å². The van der Waals surface area contributed by atoms with Gasteiger partial charge < -0.3 is 37.3 Å². The Morgan fingerprint density at radius 2 is 0.663 bits per heavy atom. The zero-order valence-electron chi connectivity index (χ0n) is 46.2. The molecule has 8 nitrogen and oxygen atoms in total. The number of fused-ring (bicyclic) bond motifs is 4. The van der Waals surface area contributed by atoms with E-state index in [4.69, 9.17) is 29.3 Å². The van der Waals surface area contributed by atoms with Crippen LogP contribution in [0, 0.1) is 0 Å². The molecule has 0 saturated carbocycles. The van der Waals surface area contributed by atoms with E-state index in [0.29, 0.717) is 5.02 Å². The molecule has 0 bridgehead atoms. The highest BCUT2D eigenvalue weighted by Gasteiger charge is 2.49. The van der Waals surface area contributed by atoms with Gasteiger partial charge in [0.2, 0.25) is 0 Å². The summed E-state index contributed by atoms with van der Waals surface area (Å²) >= 11 is 8.02. The number of rotatable bonds is 13. The molecule has 0 unspecified atom stereocenters. The van der Waals surface area contributed by atoms with Crippen molar-refractivity contribution in [2.75, 3.05) is 19.6 Å². The van der Waals surface area contributed by atoms with Crippen LogP contribution >= 0.6 is 11.6 Å². The summed E-state index contributed by atoms with van der Waals surface area (Å²) in [6.45, 7) is -0.361. The lowest BCUT2D eigenvalue weighted by Gasteiger charge is -2.40. The molecule has 10 aromatic carbocycles. The molecular weight excluding hydrogens is 1080 g/mol. The van der Waals surface area contributed by atoms with Crippen LogP contribution in [0.1, 0.15) is 0 Å². The first kappa shape index (κ1) is 50.6. The average Bonchev–Trinajstić information content (AvgIpc) is 1.53. The first-order chi connectivity index (χ1) is 42.6. The Hall–Kier alpha value is -11.1. The van der Waals surface area contributed by atoms with Gasteiger partial charge in [-0.15, -0.1) is 0 Å². The van der Waals surface area contributed by atoms with Crippen molar-refractivity contribution in [2.24, 2.45) is 0 Å². The van der Waals surface area contributed by atoms with Crippen LogP contribution in [0.4, 0.5) is 68.2 Å². The highest BCUT2D eigenvalue weighted by molar-refractivity contribution is 6.99. The van der Waals surface area contributed by atoms with Crippen molar-refractivity contribution in [3.8, 4) is 56.4 Å². The lowest BCUT2D eigenvalue weighted by Crippen LogP contribution is -2.60. The fourth-order valence-electron chi connectivity index (χ4n) is 12.3. The van der Waals surface area contributed by atoms with E-state index in [1.807, 2.05) is 91.0 Å². The molecule has 2 aliphatic heterocycles. The Kier molecular flexibility index (Phi) is 12.5. The highest BCUT2D eigenvalue weighted by Crippen LogP contribution is 2.52. The van der Waals surface area contributed by atoms with Crippen molar-refractivity contribution in [3.05, 3.63) is 309 Å². The van der Waals surface area contributed by atoms with Crippen molar-refractivity contribution in [2.45, 2.75) is 0 Å². The number of benzene rings is 10. The molecule has 14 aromatic rings. The summed E-state index contributed by atoms with van der Waals surface area (Å²) in [5.41, 5.74) is 19.4. The molecule has 0 spiro atoms. The van der Waals surface area contributed by atoms with Crippen LogP contribution in [0.3, 0.4) is 0 Å². The van der Waals surface area contributed by atoms with E-state index in [1.54, 1.807) is 12.5 Å². The van der Waals surface area contributed by atoms with Crippen LogP contribution in [0.2, 0.25) is 5.02 Å². The molecule has 2 aliphatic rings. The molecule has 6 heterocycles. The predicted molar refractivity (Wildman–Crippen MR) is 351 cm³/mol. The van der Waals surface area contributed by atoms with Crippen molar-refractivity contribution >= 4 is 103 Å². The van der Waals surface area contributed by atoms with Crippen LogP contribution < -0.4 is 36.4 Å². The number of hydrogen-bond acceptors (Lipinski definition) is 8. The minimum atomic E-state index is -0.361. The number of anilines is 12. The molecule has 0 fully saturated rings. The van der Waals surface area contributed by atoms with Crippen LogP contribution in [0.15, 0.2) is 321 Å². The normalized spacial score (nSPS) is 12.2. The van der Waals surface area contributed by atoms with Crippen molar-refractivity contribution in [1.82, 2.24) is 0 Å². The van der Waals surface area contributed by atoms with E-state index in [0.717, 1.165) is 141 Å². The standard InChI is InChI=1S/C76H50BClN4O4/c78-74-65(79(57-29-14-4-15-30-57)61-45-69(83-49-61)52-23-8-1-9-24-52)43-56(44-66(74)80(58-31-16-5-17-32-58)62-46-70(84-50-62)53-25-10-2-11-26-53)51-39-41-55(42-40-51)72-48-68-76(86-72)77-73-63(37-22-38-64(73)82(68)60-35-20-7-21-36-60)81(59-33-18-6-19-34-59)67-47-71(85-75(67)77)54-27-12-3-13-28-54/h1-50H. The third-order valence-corrected chi connectivity index (χ3v) is 16.6. The molecule has 10 heteroatoms. The summed E-state index contributed by atoms with van der Waals surface area (Å²) in [6.07, 6.45) is 3.60. The maximum atomic E-state index is 8.02. The zero-order valence-corrected chi connectivity index (χ0v) is 47.0. The van der Waals surface area contributed by atoms with Gasteiger partial charge in [-0.3, -0.25) is 0 Å². The van der Waals surface area contributed by atoms with Crippen molar-refractivity contribution in [3.63, 3.8) is 0 Å². The minimum absolute atomic E-state index is 0.361. The van der Waals surface area contributed by atoms with Gasteiger partial charge in [-0.2, -0.15) is 0 Å². The summed E-state index contributed by atoms with van der Waals surface area (Å²) in [4.78, 5) is 9.00. The van der Waals surface area contributed by atoms with Gasteiger partial charge in [-0.1, -0.05) is 206 Å². The quantitative estimate of drug-likeness (QED) is 0.106. The molecule has 0 atom stereocenters. The van der Waals surface area contributed by atoms with Crippen LogP contribution in [-0.4, -0.2) is 6.71 Å². The zero-order chi connectivity index (χ0) is 57.1. The summed E-state index contributed by atoms with van der Waals surface area (Å²) in [7, 11) is 0. The van der Waals surface area contributed by atoms with E-state index in [9.17, 15) is 0 Å². The lowest BCUT2D eigenvalue weighted by atomic mass is 9.38. The molecule has 0 amide bonds. The second-order valence-electron chi connectivity index (χ2n) is 21.4.